The van der Waals surface area contributed by atoms with Gasteiger partial charge in [0.25, 0.3) is 0 Å². The van der Waals surface area contributed by atoms with Crippen molar-refractivity contribution in [1.29, 1.82) is 0 Å². The number of hydrogen-bond donors (Lipinski definition) is 3. The number of aromatic nitrogens is 3. The van der Waals surface area contributed by atoms with E-state index < -0.39 is 6.09 Å². The molecule has 0 fully saturated rings. The number of pyridine rings is 1. The molecule has 1 amide bonds. The van der Waals surface area contributed by atoms with Crippen molar-refractivity contribution in [1.82, 2.24) is 15.0 Å². The van der Waals surface area contributed by atoms with Gasteiger partial charge in [0.05, 0.1) is 30.0 Å². The van der Waals surface area contributed by atoms with Gasteiger partial charge in [-0.3, -0.25) is 15.3 Å². The van der Waals surface area contributed by atoms with E-state index in [0.717, 1.165) is 5.69 Å². The maximum atomic E-state index is 10.9. The maximum absolute atomic E-state index is 10.9. The zero-order valence-corrected chi connectivity index (χ0v) is 13.0. The molecule has 2 aromatic heterocycles. The van der Waals surface area contributed by atoms with E-state index in [-0.39, 0.29) is 0 Å². The summed E-state index contributed by atoms with van der Waals surface area (Å²) in [5, 5.41) is 14.9. The molecule has 1 aromatic carbocycles. The van der Waals surface area contributed by atoms with E-state index in [1.807, 2.05) is 12.1 Å². The first-order valence-corrected chi connectivity index (χ1v) is 7.28. The van der Waals surface area contributed by atoms with Gasteiger partial charge in [0, 0.05) is 22.5 Å². The van der Waals surface area contributed by atoms with Crippen LogP contribution in [0.4, 0.5) is 22.0 Å². The van der Waals surface area contributed by atoms with Crippen LogP contribution >= 0.6 is 11.6 Å². The highest BCUT2D eigenvalue weighted by atomic mass is 35.5. The predicted octanol–water partition coefficient (Wildman–Crippen LogP) is 4.03. The SMILES string of the molecule is O=C(O)Nc1cnccc1-c1cncc(Nc2cccc(Cl)c2)n1. The average molecular weight is 342 g/mol. The van der Waals surface area contributed by atoms with Crippen molar-refractivity contribution in [3.63, 3.8) is 0 Å². The van der Waals surface area contributed by atoms with Gasteiger partial charge in [-0.1, -0.05) is 17.7 Å². The Morgan fingerprint density at radius 3 is 2.79 bits per heavy atom. The van der Waals surface area contributed by atoms with Crippen LogP contribution in [-0.4, -0.2) is 26.2 Å². The highest BCUT2D eigenvalue weighted by molar-refractivity contribution is 6.30. The zero-order chi connectivity index (χ0) is 16.9. The molecule has 0 unspecified atom stereocenters. The Morgan fingerprint density at radius 2 is 2.00 bits per heavy atom. The molecule has 3 N–H and O–H groups in total. The van der Waals surface area contributed by atoms with Gasteiger partial charge in [0.1, 0.15) is 5.82 Å². The molecule has 0 saturated heterocycles. The Hall–Kier alpha value is -3.19. The number of anilines is 3. The summed E-state index contributed by atoms with van der Waals surface area (Å²) in [5.41, 5.74) is 2.19. The molecule has 0 aliphatic rings. The van der Waals surface area contributed by atoms with Crippen LogP contribution in [0.1, 0.15) is 0 Å². The van der Waals surface area contributed by atoms with Crippen molar-refractivity contribution in [2.75, 3.05) is 10.6 Å². The van der Waals surface area contributed by atoms with Crippen molar-refractivity contribution < 1.29 is 9.90 Å². The first-order valence-electron chi connectivity index (χ1n) is 6.91. The van der Waals surface area contributed by atoms with Gasteiger partial charge in [-0.25, -0.2) is 9.78 Å². The first kappa shape index (κ1) is 15.7. The monoisotopic (exact) mass is 341 g/mol. The topological polar surface area (TPSA) is 100 Å². The fourth-order valence-corrected chi connectivity index (χ4v) is 2.29. The third-order valence-electron chi connectivity index (χ3n) is 3.07. The molecule has 3 aromatic rings. The molecule has 2 heterocycles. The van der Waals surface area contributed by atoms with Crippen LogP contribution < -0.4 is 10.6 Å². The fraction of sp³-hybridized carbons (Fsp3) is 0. The molecule has 8 heteroatoms. The molecule has 0 aliphatic carbocycles. The van der Waals surface area contributed by atoms with Gasteiger partial charge in [-0.2, -0.15) is 0 Å². The molecule has 0 saturated carbocycles. The van der Waals surface area contributed by atoms with Crippen molar-refractivity contribution in [2.45, 2.75) is 0 Å². The fourth-order valence-electron chi connectivity index (χ4n) is 2.10. The highest BCUT2D eigenvalue weighted by Crippen LogP contribution is 2.26. The Kier molecular flexibility index (Phi) is 4.53. The normalized spacial score (nSPS) is 10.2. The number of amides is 1. The van der Waals surface area contributed by atoms with Gasteiger partial charge in [-0.15, -0.1) is 0 Å². The highest BCUT2D eigenvalue weighted by Gasteiger charge is 2.10. The molecule has 24 heavy (non-hydrogen) atoms. The van der Waals surface area contributed by atoms with Crippen molar-refractivity contribution >= 4 is 34.9 Å². The van der Waals surface area contributed by atoms with Gasteiger partial charge in [-0.05, 0) is 24.3 Å². The zero-order valence-electron chi connectivity index (χ0n) is 12.3. The second kappa shape index (κ2) is 6.93. The summed E-state index contributed by atoms with van der Waals surface area (Å²) >= 11 is 5.96. The van der Waals surface area contributed by atoms with E-state index in [9.17, 15) is 4.79 Å². The van der Waals surface area contributed by atoms with Gasteiger partial charge in [0.2, 0.25) is 0 Å². The number of hydrogen-bond acceptors (Lipinski definition) is 5. The number of carbonyl (C=O) groups is 1. The van der Waals surface area contributed by atoms with E-state index in [0.29, 0.717) is 27.8 Å². The molecule has 0 radical (unpaired) electrons. The summed E-state index contributed by atoms with van der Waals surface area (Å²) in [5.74, 6) is 0.507. The van der Waals surface area contributed by atoms with Crippen molar-refractivity contribution in [2.24, 2.45) is 0 Å². The lowest BCUT2D eigenvalue weighted by atomic mass is 10.1. The second-order valence-corrected chi connectivity index (χ2v) is 5.21. The van der Waals surface area contributed by atoms with Gasteiger partial charge >= 0.3 is 6.09 Å². The van der Waals surface area contributed by atoms with Gasteiger partial charge < -0.3 is 10.4 Å². The summed E-state index contributed by atoms with van der Waals surface area (Å²) < 4.78 is 0. The minimum Gasteiger partial charge on any atom is -0.465 e. The summed E-state index contributed by atoms with van der Waals surface area (Å²) in [4.78, 5) is 23.4. The smallest absolute Gasteiger partial charge is 0.409 e. The lowest BCUT2D eigenvalue weighted by molar-refractivity contribution is 0.210. The molecular formula is C16H12ClN5O2. The Labute approximate surface area is 142 Å². The van der Waals surface area contributed by atoms with Crippen LogP contribution in [0.5, 0.6) is 0 Å². The van der Waals surface area contributed by atoms with Crippen molar-refractivity contribution in [3.05, 3.63) is 60.1 Å². The van der Waals surface area contributed by atoms with Crippen LogP contribution in [0.2, 0.25) is 5.02 Å². The van der Waals surface area contributed by atoms with Crippen LogP contribution in [0.25, 0.3) is 11.3 Å². The number of carboxylic acid groups (broad SMARTS) is 1. The quantitative estimate of drug-likeness (QED) is 0.662. The summed E-state index contributed by atoms with van der Waals surface area (Å²) in [7, 11) is 0. The minimum atomic E-state index is -1.18. The molecule has 0 atom stereocenters. The number of rotatable bonds is 4. The Balaban J connectivity index is 1.92. The molecule has 3 rings (SSSR count). The largest absolute Gasteiger partial charge is 0.465 e. The lowest BCUT2D eigenvalue weighted by Crippen LogP contribution is -2.09. The number of benzene rings is 1. The summed E-state index contributed by atoms with van der Waals surface area (Å²) in [6.45, 7) is 0. The average Bonchev–Trinajstić information content (AvgIpc) is 2.55. The second-order valence-electron chi connectivity index (χ2n) is 4.78. The van der Waals surface area contributed by atoms with E-state index in [1.54, 1.807) is 36.8 Å². The predicted molar refractivity (Wildman–Crippen MR) is 91.6 cm³/mol. The Morgan fingerprint density at radius 1 is 1.12 bits per heavy atom. The van der Waals surface area contributed by atoms with E-state index >= 15 is 0 Å². The van der Waals surface area contributed by atoms with Crippen molar-refractivity contribution in [3.8, 4) is 11.3 Å². The maximum Gasteiger partial charge on any atom is 0.409 e. The molecule has 120 valence electrons. The number of halogens is 1. The summed E-state index contributed by atoms with van der Waals surface area (Å²) in [6.07, 6.45) is 4.91. The third-order valence-corrected chi connectivity index (χ3v) is 3.31. The summed E-state index contributed by atoms with van der Waals surface area (Å²) in [6, 6.07) is 8.87. The lowest BCUT2D eigenvalue weighted by Gasteiger charge is -2.10. The molecule has 0 aliphatic heterocycles. The van der Waals surface area contributed by atoms with E-state index in [1.165, 1.54) is 6.20 Å². The van der Waals surface area contributed by atoms with Crippen LogP contribution in [0, 0.1) is 0 Å². The van der Waals surface area contributed by atoms with E-state index in [4.69, 9.17) is 16.7 Å². The van der Waals surface area contributed by atoms with Gasteiger partial charge in [0.15, 0.2) is 0 Å². The van der Waals surface area contributed by atoms with Crippen LogP contribution in [0.3, 0.4) is 0 Å². The third kappa shape index (κ3) is 3.76. The molecule has 7 nitrogen and oxygen atoms in total. The Bertz CT molecular complexity index is 888. The number of nitrogens with one attached hydrogen (secondary N) is 2. The minimum absolute atomic E-state index is 0.333. The molecular weight excluding hydrogens is 330 g/mol. The van der Waals surface area contributed by atoms with Crippen LogP contribution in [0.15, 0.2) is 55.1 Å². The van der Waals surface area contributed by atoms with E-state index in [2.05, 4.69) is 25.6 Å². The molecule has 0 spiro atoms. The molecule has 0 bridgehead atoms. The first-order chi connectivity index (χ1) is 11.6. The standard InChI is InChI=1S/C16H12ClN5O2/c17-10-2-1-3-11(6-10)20-15-9-19-8-13(21-15)12-4-5-18-7-14(12)22-16(23)24/h1-9,22H,(H,20,21)(H,23,24). The number of nitrogens with zero attached hydrogens (tertiary/aromatic N) is 3. The van der Waals surface area contributed by atoms with Crippen LogP contribution in [-0.2, 0) is 0 Å².